The summed E-state index contributed by atoms with van der Waals surface area (Å²) in [5, 5.41) is 1.66. The molecule has 4 rings (SSSR count). The van der Waals surface area contributed by atoms with E-state index in [9.17, 15) is 4.39 Å². The Bertz CT molecular complexity index is 1930. The van der Waals surface area contributed by atoms with Crippen LogP contribution in [0.5, 0.6) is 23.0 Å². The molecular formula is C48H56Cl7FO4. The summed E-state index contributed by atoms with van der Waals surface area (Å²) in [6, 6.07) is 27.9. The fourth-order valence-electron chi connectivity index (χ4n) is 4.91. The van der Waals surface area contributed by atoms with Crippen LogP contribution in [0, 0.1) is 29.0 Å². The van der Waals surface area contributed by atoms with Crippen LogP contribution in [0.1, 0.15) is 81.6 Å². The zero-order chi connectivity index (χ0) is 45.3. The summed E-state index contributed by atoms with van der Waals surface area (Å²) in [5.41, 5.74) is 5.78. The lowest BCUT2D eigenvalue weighted by Crippen LogP contribution is -2.24. The molecule has 4 nitrogen and oxygen atoms in total. The van der Waals surface area contributed by atoms with E-state index in [4.69, 9.17) is 100 Å². The first kappa shape index (κ1) is 55.0. The maximum absolute atomic E-state index is 12.6. The Morgan fingerprint density at radius 1 is 0.517 bits per heavy atom. The molecule has 0 aliphatic heterocycles. The van der Waals surface area contributed by atoms with Crippen molar-refractivity contribution in [1.29, 1.82) is 0 Å². The molecular weight excluding hydrogens is 908 g/mol. The van der Waals surface area contributed by atoms with E-state index in [1.165, 1.54) is 34.3 Å². The van der Waals surface area contributed by atoms with E-state index < -0.39 is 0 Å². The number of halogens is 8. The van der Waals surface area contributed by atoms with Gasteiger partial charge >= 0.3 is 0 Å². The number of rotatable bonds is 15. The molecule has 0 aliphatic rings. The van der Waals surface area contributed by atoms with Gasteiger partial charge in [-0.2, -0.15) is 0 Å². The quantitative estimate of drug-likeness (QED) is 0.111. The summed E-state index contributed by atoms with van der Waals surface area (Å²) in [4.78, 5) is 0. The molecule has 12 heteroatoms. The lowest BCUT2D eigenvalue weighted by Gasteiger charge is -2.32. The van der Waals surface area contributed by atoms with E-state index in [-0.39, 0.29) is 23.1 Å². The second kappa shape index (κ2) is 30.1. The normalized spacial score (nSPS) is 12.1. The predicted octanol–water partition coefficient (Wildman–Crippen LogP) is 18.9. The number of allylic oxidation sites excluding steroid dienone is 4. The van der Waals surface area contributed by atoms with Crippen LogP contribution in [0.25, 0.3) is 0 Å². The molecule has 4 aromatic carbocycles. The lowest BCUT2D eigenvalue weighted by molar-refractivity contribution is 0.209. The Labute approximate surface area is 392 Å². The van der Waals surface area contributed by atoms with Gasteiger partial charge in [-0.05, 0) is 86.0 Å². The van der Waals surface area contributed by atoms with Gasteiger partial charge in [0.2, 0.25) is 0 Å². The third-order valence-corrected chi connectivity index (χ3v) is 10.6. The molecule has 4 aromatic rings. The largest absolute Gasteiger partial charge is 0.461 e. The van der Waals surface area contributed by atoms with Gasteiger partial charge in [-0.1, -0.05) is 174 Å². The Morgan fingerprint density at radius 2 is 0.950 bits per heavy atom. The van der Waals surface area contributed by atoms with Crippen LogP contribution < -0.4 is 18.9 Å². The van der Waals surface area contributed by atoms with Crippen molar-refractivity contribution in [3.8, 4) is 23.0 Å². The van der Waals surface area contributed by atoms with Gasteiger partial charge in [0, 0.05) is 50.3 Å². The molecule has 0 heterocycles. The molecule has 0 aliphatic carbocycles. The minimum Gasteiger partial charge on any atom is -0.461 e. The van der Waals surface area contributed by atoms with Crippen LogP contribution in [0.3, 0.4) is 0 Å². The summed E-state index contributed by atoms with van der Waals surface area (Å²) in [5.74, 6) is 6.01. The third kappa shape index (κ3) is 19.8. The van der Waals surface area contributed by atoms with Gasteiger partial charge in [0.15, 0.2) is 0 Å². The topological polar surface area (TPSA) is 36.9 Å². The number of benzene rings is 4. The van der Waals surface area contributed by atoms with Crippen molar-refractivity contribution in [2.75, 3.05) is 0 Å². The monoisotopic (exact) mass is 960 g/mol. The van der Waals surface area contributed by atoms with Crippen molar-refractivity contribution in [2.24, 2.45) is 23.2 Å². The van der Waals surface area contributed by atoms with Crippen LogP contribution in [0.4, 0.5) is 4.39 Å². The van der Waals surface area contributed by atoms with Gasteiger partial charge in [-0.3, -0.25) is 0 Å². The Balaban J connectivity index is 0.000000405. The predicted molar refractivity (Wildman–Crippen MR) is 257 cm³/mol. The number of hydrogen-bond acceptors (Lipinski definition) is 4. The fraction of sp³-hybridized carbons (Fsp3) is 0.333. The summed E-state index contributed by atoms with van der Waals surface area (Å²) >= 11 is 40.8. The zero-order valence-corrected chi connectivity index (χ0v) is 40.8. The van der Waals surface area contributed by atoms with E-state index in [2.05, 4.69) is 20.8 Å². The SMILES string of the molecule is CC(C)C(=CCl)Oc1ccc(F)cc1.CC(C)C(=CCl)Oc1ccccc1.CC(C)C(=CCl)Oc1ccccc1Cl.CCC(CC)(CC)C(=CCl)Oc1ccc(Cl)cc1Cl. The van der Waals surface area contributed by atoms with E-state index in [1.807, 2.05) is 90.1 Å². The zero-order valence-electron chi connectivity index (χ0n) is 35.6. The molecule has 0 amide bonds. The van der Waals surface area contributed by atoms with Crippen LogP contribution in [0.2, 0.25) is 15.1 Å². The highest BCUT2D eigenvalue weighted by Gasteiger charge is 2.31. The molecule has 0 N–H and O–H groups in total. The first-order chi connectivity index (χ1) is 28.5. The highest BCUT2D eigenvalue weighted by molar-refractivity contribution is 6.35. The van der Waals surface area contributed by atoms with Gasteiger partial charge in [0.25, 0.3) is 0 Å². The minimum atomic E-state index is -0.279. The average Bonchev–Trinajstić information content (AvgIpc) is 3.24. The number of ether oxygens (including phenoxy) is 4. The number of para-hydroxylation sites is 2. The van der Waals surface area contributed by atoms with E-state index in [0.717, 1.165) is 36.5 Å². The van der Waals surface area contributed by atoms with Gasteiger partial charge in [-0.25, -0.2) is 4.39 Å². The van der Waals surface area contributed by atoms with Crippen LogP contribution >= 0.6 is 81.2 Å². The molecule has 60 heavy (non-hydrogen) atoms. The molecule has 328 valence electrons. The van der Waals surface area contributed by atoms with Crippen LogP contribution in [-0.4, -0.2) is 0 Å². The van der Waals surface area contributed by atoms with Gasteiger partial charge in [-0.15, -0.1) is 0 Å². The summed E-state index contributed by atoms with van der Waals surface area (Å²) in [7, 11) is 0. The Hall–Kier alpha value is -3.00. The van der Waals surface area contributed by atoms with Gasteiger partial charge in [0.1, 0.15) is 51.9 Å². The number of hydrogen-bond donors (Lipinski definition) is 0. The molecule has 0 spiro atoms. The summed E-state index contributed by atoms with van der Waals surface area (Å²) in [6.45, 7) is 18.4. The van der Waals surface area contributed by atoms with Crippen molar-refractivity contribution < 1.29 is 23.3 Å². The maximum Gasteiger partial charge on any atom is 0.145 e. The standard InChI is InChI=1S/C15H19Cl3O.C11H12Cl2O.C11H12ClFO.C11H13ClO/c1-4-15(5-2,6-3)14(10-16)19-13-8-7-11(17)9-12(13)18;1-8(2)11(7-12)14-10-6-4-3-5-9(10)13;1-8(2)11(7-12)14-10-5-3-9(13)4-6-10;1-9(2)11(8-12)13-10-6-4-3-5-7-10/h7-10H,4-6H2,1-3H3;2*3-8H,1-2H3;3-9H,1-2H3. The molecule has 0 radical (unpaired) electrons. The molecule has 0 atom stereocenters. The van der Waals surface area contributed by atoms with Crippen LogP contribution in [0.15, 0.2) is 142 Å². The molecule has 0 fully saturated rings. The molecule has 0 saturated heterocycles. The Morgan fingerprint density at radius 3 is 1.37 bits per heavy atom. The fourth-order valence-corrected chi connectivity index (χ4v) is 6.70. The Kier molecular flexibility index (Phi) is 27.6. The van der Waals surface area contributed by atoms with Crippen molar-refractivity contribution in [1.82, 2.24) is 0 Å². The van der Waals surface area contributed by atoms with Gasteiger partial charge < -0.3 is 18.9 Å². The third-order valence-electron chi connectivity index (χ3n) is 8.89. The highest BCUT2D eigenvalue weighted by atomic mass is 35.5. The average molecular weight is 964 g/mol. The molecule has 0 aromatic heterocycles. The van der Waals surface area contributed by atoms with Crippen molar-refractivity contribution in [2.45, 2.75) is 81.6 Å². The van der Waals surface area contributed by atoms with Crippen molar-refractivity contribution in [3.63, 3.8) is 0 Å². The molecule has 0 saturated carbocycles. The molecule has 0 unspecified atom stereocenters. The first-order valence-corrected chi connectivity index (χ1v) is 22.4. The van der Waals surface area contributed by atoms with Crippen molar-refractivity contribution in [3.05, 3.63) is 163 Å². The van der Waals surface area contributed by atoms with E-state index in [0.29, 0.717) is 49.8 Å². The maximum atomic E-state index is 12.6. The van der Waals surface area contributed by atoms with E-state index >= 15 is 0 Å². The summed E-state index contributed by atoms with van der Waals surface area (Å²) in [6.07, 6.45) is 2.89. The van der Waals surface area contributed by atoms with Crippen LogP contribution in [-0.2, 0) is 0 Å². The minimum absolute atomic E-state index is 0.0509. The van der Waals surface area contributed by atoms with E-state index in [1.54, 1.807) is 36.4 Å². The van der Waals surface area contributed by atoms with Gasteiger partial charge in [0.05, 0.1) is 10.0 Å². The highest BCUT2D eigenvalue weighted by Crippen LogP contribution is 2.41. The smallest absolute Gasteiger partial charge is 0.145 e. The second-order valence-electron chi connectivity index (χ2n) is 14.0. The summed E-state index contributed by atoms with van der Waals surface area (Å²) < 4.78 is 35.0. The lowest BCUT2D eigenvalue weighted by atomic mass is 9.78. The first-order valence-electron chi connectivity index (χ1n) is 19.5. The molecule has 0 bridgehead atoms. The second-order valence-corrected chi connectivity index (χ2v) is 16.1. The van der Waals surface area contributed by atoms with Crippen molar-refractivity contribution >= 4 is 81.2 Å².